The van der Waals surface area contributed by atoms with Crippen LogP contribution in [0.5, 0.6) is 0 Å². The van der Waals surface area contributed by atoms with Crippen LogP contribution in [0.2, 0.25) is 0 Å². The van der Waals surface area contributed by atoms with E-state index in [2.05, 4.69) is 5.32 Å². The van der Waals surface area contributed by atoms with Crippen LogP contribution in [0.4, 0.5) is 0 Å². The van der Waals surface area contributed by atoms with E-state index in [0.717, 1.165) is 18.7 Å². The molecule has 0 aromatic carbocycles. The fourth-order valence-electron chi connectivity index (χ4n) is 3.65. The summed E-state index contributed by atoms with van der Waals surface area (Å²) in [6, 6.07) is 1.87. The number of fused-ring (bicyclic) bond motifs is 1. The van der Waals surface area contributed by atoms with Crippen molar-refractivity contribution in [3.63, 3.8) is 0 Å². The predicted octanol–water partition coefficient (Wildman–Crippen LogP) is 1.24. The molecule has 0 unspecified atom stereocenters. The van der Waals surface area contributed by atoms with Gasteiger partial charge in [0.25, 0.3) is 5.91 Å². The fraction of sp³-hybridized carbons (Fsp3) is 0.647. The summed E-state index contributed by atoms with van der Waals surface area (Å²) >= 11 is 1.54. The zero-order valence-corrected chi connectivity index (χ0v) is 14.7. The van der Waals surface area contributed by atoms with Crippen molar-refractivity contribution in [2.75, 3.05) is 46.6 Å². The van der Waals surface area contributed by atoms with Crippen LogP contribution >= 0.6 is 11.3 Å². The molecule has 1 N–H and O–H groups in total. The lowest BCUT2D eigenvalue weighted by Gasteiger charge is -2.32. The van der Waals surface area contributed by atoms with Crippen molar-refractivity contribution in [3.8, 4) is 0 Å². The van der Waals surface area contributed by atoms with E-state index >= 15 is 0 Å². The van der Waals surface area contributed by atoms with E-state index in [1.54, 1.807) is 7.11 Å². The first kappa shape index (κ1) is 17.4. The second-order valence-corrected chi connectivity index (χ2v) is 7.27. The third-order valence-electron chi connectivity index (χ3n) is 4.89. The number of methoxy groups -OCH3 is 1. The van der Waals surface area contributed by atoms with E-state index < -0.39 is 0 Å². The van der Waals surface area contributed by atoms with Crippen molar-refractivity contribution >= 4 is 23.2 Å². The van der Waals surface area contributed by atoms with Gasteiger partial charge in [-0.05, 0) is 23.3 Å². The van der Waals surface area contributed by atoms with Crippen LogP contribution in [0.15, 0.2) is 16.8 Å². The second kappa shape index (κ2) is 8.09. The van der Waals surface area contributed by atoms with Crippen LogP contribution < -0.4 is 5.32 Å². The normalized spacial score (nSPS) is 26.2. The highest BCUT2D eigenvalue weighted by molar-refractivity contribution is 7.08. The Kier molecular flexibility index (Phi) is 5.86. The van der Waals surface area contributed by atoms with Crippen LogP contribution in [0.1, 0.15) is 16.8 Å². The maximum absolute atomic E-state index is 12.6. The highest BCUT2D eigenvalue weighted by Crippen LogP contribution is 2.36. The molecule has 3 atom stereocenters. The minimum Gasteiger partial charge on any atom is -0.383 e. The summed E-state index contributed by atoms with van der Waals surface area (Å²) in [5.74, 6) is 0.969. The highest BCUT2D eigenvalue weighted by Gasteiger charge is 2.43. The predicted molar refractivity (Wildman–Crippen MR) is 91.0 cm³/mol. The standard InChI is InChI=1S/C17H24N2O4S/c1-22-4-3-18-16(20)6-13-9-23-10-14-7-19(8-15(13)14)17(21)12-2-5-24-11-12/h2,5,11,13-15H,3-4,6-10H2,1H3,(H,18,20)/t13-,14-,15+/m1/s1. The number of hydrogen-bond acceptors (Lipinski definition) is 5. The van der Waals surface area contributed by atoms with Gasteiger partial charge in [0.1, 0.15) is 0 Å². The topological polar surface area (TPSA) is 67.9 Å². The minimum atomic E-state index is 0.0314. The molecule has 1 aromatic heterocycles. The number of rotatable bonds is 6. The maximum Gasteiger partial charge on any atom is 0.254 e. The van der Waals surface area contributed by atoms with E-state index in [0.29, 0.717) is 44.6 Å². The molecule has 2 aliphatic heterocycles. The number of hydrogen-bond donors (Lipinski definition) is 1. The summed E-state index contributed by atoms with van der Waals surface area (Å²) in [6.07, 6.45) is 0.450. The minimum absolute atomic E-state index is 0.0314. The van der Waals surface area contributed by atoms with Crippen molar-refractivity contribution in [2.45, 2.75) is 6.42 Å². The molecule has 2 aliphatic rings. The molecule has 0 spiro atoms. The zero-order chi connectivity index (χ0) is 16.9. The van der Waals surface area contributed by atoms with Crippen LogP contribution in [0.25, 0.3) is 0 Å². The molecule has 132 valence electrons. The third-order valence-corrected chi connectivity index (χ3v) is 5.58. The molecule has 1 aromatic rings. The van der Waals surface area contributed by atoms with Gasteiger partial charge < -0.3 is 19.7 Å². The van der Waals surface area contributed by atoms with E-state index in [9.17, 15) is 9.59 Å². The summed E-state index contributed by atoms with van der Waals surface area (Å²) in [4.78, 5) is 26.5. The Labute approximate surface area is 146 Å². The van der Waals surface area contributed by atoms with Crippen molar-refractivity contribution in [3.05, 3.63) is 22.4 Å². The lowest BCUT2D eigenvalue weighted by atomic mass is 9.81. The van der Waals surface area contributed by atoms with Gasteiger partial charge in [0.2, 0.25) is 5.91 Å². The molecule has 2 amide bonds. The quantitative estimate of drug-likeness (QED) is 0.782. The van der Waals surface area contributed by atoms with Gasteiger partial charge in [-0.3, -0.25) is 9.59 Å². The molecular weight excluding hydrogens is 328 g/mol. The molecule has 3 heterocycles. The molecule has 2 saturated heterocycles. The third kappa shape index (κ3) is 3.96. The van der Waals surface area contributed by atoms with Gasteiger partial charge in [-0.1, -0.05) is 0 Å². The Morgan fingerprint density at radius 3 is 3.04 bits per heavy atom. The van der Waals surface area contributed by atoms with E-state index in [4.69, 9.17) is 9.47 Å². The monoisotopic (exact) mass is 352 g/mol. The molecule has 7 heteroatoms. The molecule has 24 heavy (non-hydrogen) atoms. The second-order valence-electron chi connectivity index (χ2n) is 6.49. The lowest BCUT2D eigenvalue weighted by molar-refractivity contribution is -0.124. The van der Waals surface area contributed by atoms with Crippen molar-refractivity contribution in [1.82, 2.24) is 10.2 Å². The van der Waals surface area contributed by atoms with Gasteiger partial charge in [0.05, 0.1) is 25.4 Å². The zero-order valence-electron chi connectivity index (χ0n) is 13.9. The summed E-state index contributed by atoms with van der Waals surface area (Å²) in [5.41, 5.74) is 0.758. The Morgan fingerprint density at radius 2 is 2.29 bits per heavy atom. The van der Waals surface area contributed by atoms with E-state index in [1.165, 1.54) is 11.3 Å². The van der Waals surface area contributed by atoms with E-state index in [1.807, 2.05) is 21.7 Å². The average Bonchev–Trinajstić information content (AvgIpc) is 3.24. The smallest absolute Gasteiger partial charge is 0.254 e. The van der Waals surface area contributed by atoms with Crippen molar-refractivity contribution < 1.29 is 19.1 Å². The molecular formula is C17H24N2O4S. The van der Waals surface area contributed by atoms with Crippen LogP contribution in [-0.4, -0.2) is 63.3 Å². The summed E-state index contributed by atoms with van der Waals surface area (Å²) in [6.45, 7) is 3.76. The van der Waals surface area contributed by atoms with Gasteiger partial charge in [0.15, 0.2) is 0 Å². The molecule has 0 bridgehead atoms. The van der Waals surface area contributed by atoms with Crippen LogP contribution in [0.3, 0.4) is 0 Å². The first-order valence-corrected chi connectivity index (χ1v) is 9.28. The van der Waals surface area contributed by atoms with Crippen LogP contribution in [0, 0.1) is 17.8 Å². The first-order chi connectivity index (χ1) is 11.7. The van der Waals surface area contributed by atoms with Crippen LogP contribution in [-0.2, 0) is 14.3 Å². The van der Waals surface area contributed by atoms with Gasteiger partial charge >= 0.3 is 0 Å². The Bertz CT molecular complexity index is 563. The molecule has 2 fully saturated rings. The molecule has 0 radical (unpaired) electrons. The van der Waals surface area contributed by atoms with Gasteiger partial charge in [-0.15, -0.1) is 0 Å². The van der Waals surface area contributed by atoms with Gasteiger partial charge in [0, 0.05) is 44.5 Å². The fourth-order valence-corrected chi connectivity index (χ4v) is 4.28. The maximum atomic E-state index is 12.6. The summed E-state index contributed by atoms with van der Waals surface area (Å²) in [5, 5.41) is 6.68. The molecule has 0 aliphatic carbocycles. The number of carbonyl (C=O) groups excluding carboxylic acids is 2. The van der Waals surface area contributed by atoms with E-state index in [-0.39, 0.29) is 17.7 Å². The SMILES string of the molecule is COCCNC(=O)C[C@@H]1COC[C@H]2CN(C(=O)c3ccsc3)C[C@@H]12. The Morgan fingerprint density at radius 1 is 1.42 bits per heavy atom. The van der Waals surface area contributed by atoms with Crippen molar-refractivity contribution in [1.29, 1.82) is 0 Å². The molecule has 0 saturated carbocycles. The average molecular weight is 352 g/mol. The molecule has 6 nitrogen and oxygen atoms in total. The largest absolute Gasteiger partial charge is 0.383 e. The number of carbonyl (C=O) groups is 2. The number of ether oxygens (including phenoxy) is 2. The number of likely N-dealkylation sites (tertiary alicyclic amines) is 1. The first-order valence-electron chi connectivity index (χ1n) is 8.34. The number of amides is 2. The highest BCUT2D eigenvalue weighted by atomic mass is 32.1. The lowest BCUT2D eigenvalue weighted by Crippen LogP contribution is -2.38. The molecule has 3 rings (SSSR count). The van der Waals surface area contributed by atoms with Gasteiger partial charge in [-0.25, -0.2) is 0 Å². The Balaban J connectivity index is 1.57. The Hall–Kier alpha value is -1.44. The summed E-state index contributed by atoms with van der Waals surface area (Å²) in [7, 11) is 1.61. The summed E-state index contributed by atoms with van der Waals surface area (Å²) < 4.78 is 10.6. The number of nitrogens with zero attached hydrogens (tertiary/aromatic N) is 1. The number of thiophene rings is 1. The number of nitrogens with one attached hydrogen (secondary N) is 1. The van der Waals surface area contributed by atoms with Crippen molar-refractivity contribution in [2.24, 2.45) is 17.8 Å². The van der Waals surface area contributed by atoms with Gasteiger partial charge in [-0.2, -0.15) is 11.3 Å².